The fourth-order valence-electron chi connectivity index (χ4n) is 4.59. The van der Waals surface area contributed by atoms with Crippen molar-refractivity contribution in [2.24, 2.45) is 0 Å². The number of furan rings is 1. The number of rotatable bonds is 6. The number of hydrogen-bond acceptors (Lipinski definition) is 6. The van der Waals surface area contributed by atoms with Gasteiger partial charge in [0.25, 0.3) is 5.56 Å². The number of carboxylic acids is 1. The minimum atomic E-state index is -1.08. The van der Waals surface area contributed by atoms with Gasteiger partial charge >= 0.3 is 11.9 Å². The van der Waals surface area contributed by atoms with Crippen molar-refractivity contribution in [1.82, 2.24) is 4.57 Å². The Bertz CT molecular complexity index is 1530. The van der Waals surface area contributed by atoms with Crippen LogP contribution in [0.15, 0.2) is 75.9 Å². The highest BCUT2D eigenvalue weighted by atomic mass is 16.5. The third kappa shape index (κ3) is 4.29. The lowest BCUT2D eigenvalue weighted by Crippen LogP contribution is -2.33. The van der Waals surface area contributed by atoms with Gasteiger partial charge in [-0.15, -0.1) is 0 Å². The molecule has 0 saturated heterocycles. The first-order valence-corrected chi connectivity index (χ1v) is 11.5. The maximum absolute atomic E-state index is 13.6. The van der Waals surface area contributed by atoms with E-state index < -0.39 is 17.9 Å². The molecule has 3 heterocycles. The van der Waals surface area contributed by atoms with Crippen molar-refractivity contribution in [3.8, 4) is 22.8 Å². The van der Waals surface area contributed by atoms with Crippen LogP contribution in [0.1, 0.15) is 45.3 Å². The summed E-state index contributed by atoms with van der Waals surface area (Å²) in [6.45, 7) is 2.18. The lowest BCUT2D eigenvalue weighted by molar-refractivity contribution is -0.135. The topological polar surface area (TPSA) is 119 Å². The van der Waals surface area contributed by atoms with Crippen LogP contribution in [0.5, 0.6) is 11.5 Å². The number of fused-ring (bicyclic) bond motifs is 1. The number of pyridine rings is 1. The predicted molar refractivity (Wildman–Crippen MR) is 130 cm³/mol. The highest BCUT2D eigenvalue weighted by Crippen LogP contribution is 2.39. The van der Waals surface area contributed by atoms with Gasteiger partial charge in [-0.3, -0.25) is 9.59 Å². The Morgan fingerprint density at radius 1 is 1.06 bits per heavy atom. The molecular weight excluding hydrogens is 462 g/mol. The fraction of sp³-hybridized carbons (Fsp3) is 0.179. The van der Waals surface area contributed by atoms with Crippen LogP contribution in [0.2, 0.25) is 0 Å². The van der Waals surface area contributed by atoms with Crippen LogP contribution in [0.25, 0.3) is 11.3 Å². The molecule has 0 aliphatic carbocycles. The number of aromatic nitrogens is 1. The molecule has 1 aliphatic rings. The number of benzene rings is 2. The summed E-state index contributed by atoms with van der Waals surface area (Å²) in [5.74, 6) is -1.12. The first kappa shape index (κ1) is 23.2. The van der Waals surface area contributed by atoms with E-state index in [0.717, 1.165) is 5.56 Å². The highest BCUT2D eigenvalue weighted by Gasteiger charge is 2.34. The molecule has 36 heavy (non-hydrogen) atoms. The number of carboxylic acid groups (broad SMARTS) is 1. The van der Waals surface area contributed by atoms with Crippen molar-refractivity contribution in [2.45, 2.75) is 32.2 Å². The van der Waals surface area contributed by atoms with Gasteiger partial charge in [0.2, 0.25) is 0 Å². The molecule has 8 nitrogen and oxygen atoms in total. The van der Waals surface area contributed by atoms with Crippen LogP contribution < -0.4 is 10.3 Å². The standard InChI is InChI=1S/C28H23NO7/c1-16-14-24-26(27(32)29(16)13-12-17-6-8-18(30)9-7-17)21(15-25(31)36-24)23-11-10-22(35-23)19-4-2-3-5-20(19)28(33)34/h2-11,14,21,30H,12-13,15H2,1H3,(H,33,34). The number of carbonyl (C=O) groups is 2. The second kappa shape index (κ2) is 9.22. The van der Waals surface area contributed by atoms with Crippen molar-refractivity contribution in [1.29, 1.82) is 0 Å². The van der Waals surface area contributed by atoms with Crippen LogP contribution in [-0.4, -0.2) is 26.7 Å². The number of carbonyl (C=O) groups excluding carboxylic acids is 1. The summed E-state index contributed by atoms with van der Waals surface area (Å²) in [7, 11) is 0. The van der Waals surface area contributed by atoms with Gasteiger partial charge in [-0.05, 0) is 49.2 Å². The van der Waals surface area contributed by atoms with Crippen LogP contribution in [0, 0.1) is 6.92 Å². The molecule has 0 saturated carbocycles. The number of nitrogens with zero attached hydrogens (tertiary/aromatic N) is 1. The minimum Gasteiger partial charge on any atom is -0.508 e. The van der Waals surface area contributed by atoms with E-state index in [-0.39, 0.29) is 29.0 Å². The molecular formula is C28H23NO7. The summed E-state index contributed by atoms with van der Waals surface area (Å²) in [5, 5.41) is 19.0. The second-order valence-corrected chi connectivity index (χ2v) is 8.72. The zero-order valence-corrected chi connectivity index (χ0v) is 19.4. The van der Waals surface area contributed by atoms with Crippen molar-refractivity contribution in [2.75, 3.05) is 0 Å². The van der Waals surface area contributed by atoms with Gasteiger partial charge in [0, 0.05) is 23.9 Å². The molecule has 4 aromatic rings. The van der Waals surface area contributed by atoms with Gasteiger partial charge in [-0.25, -0.2) is 4.79 Å². The number of phenols is 1. The van der Waals surface area contributed by atoms with Crippen molar-refractivity contribution in [3.05, 3.63) is 105 Å². The lowest BCUT2D eigenvalue weighted by atomic mass is 9.91. The SMILES string of the molecule is Cc1cc2c(c(=O)n1CCc1ccc(O)cc1)C(c1ccc(-c3ccccc3C(=O)O)o1)CC(=O)O2. The molecule has 0 radical (unpaired) electrons. The maximum Gasteiger partial charge on any atom is 0.336 e. The zero-order valence-electron chi connectivity index (χ0n) is 19.4. The smallest absolute Gasteiger partial charge is 0.336 e. The fourth-order valence-corrected chi connectivity index (χ4v) is 4.59. The summed E-state index contributed by atoms with van der Waals surface area (Å²) in [6, 6.07) is 18.3. The van der Waals surface area contributed by atoms with Gasteiger partial charge in [-0.1, -0.05) is 30.3 Å². The Balaban J connectivity index is 1.52. The highest BCUT2D eigenvalue weighted by molar-refractivity contribution is 5.95. The zero-order chi connectivity index (χ0) is 25.4. The third-order valence-corrected chi connectivity index (χ3v) is 6.40. The van der Waals surface area contributed by atoms with E-state index in [2.05, 4.69) is 0 Å². The molecule has 2 N–H and O–H groups in total. The van der Waals surface area contributed by atoms with Crippen LogP contribution in [0.3, 0.4) is 0 Å². The summed E-state index contributed by atoms with van der Waals surface area (Å²) in [4.78, 5) is 37.7. The second-order valence-electron chi connectivity index (χ2n) is 8.72. The van der Waals surface area contributed by atoms with E-state index in [9.17, 15) is 24.6 Å². The Hall–Kier alpha value is -4.59. The average Bonchev–Trinajstić information content (AvgIpc) is 3.34. The first-order valence-electron chi connectivity index (χ1n) is 11.5. The third-order valence-electron chi connectivity index (χ3n) is 6.40. The van der Waals surface area contributed by atoms with Gasteiger partial charge in [0.15, 0.2) is 0 Å². The van der Waals surface area contributed by atoms with Crippen molar-refractivity contribution in [3.63, 3.8) is 0 Å². The van der Waals surface area contributed by atoms with Crippen LogP contribution in [-0.2, 0) is 17.8 Å². The molecule has 1 unspecified atom stereocenters. The van der Waals surface area contributed by atoms with E-state index in [4.69, 9.17) is 9.15 Å². The average molecular weight is 485 g/mol. The largest absolute Gasteiger partial charge is 0.508 e. The quantitative estimate of drug-likeness (QED) is 0.386. The molecule has 8 heteroatoms. The van der Waals surface area contributed by atoms with E-state index >= 15 is 0 Å². The Labute approximate surface area is 206 Å². The molecule has 0 spiro atoms. The molecule has 1 aliphatic heterocycles. The normalized spacial score (nSPS) is 14.8. The number of aromatic hydroxyl groups is 1. The van der Waals surface area contributed by atoms with E-state index in [1.54, 1.807) is 72.2 Å². The van der Waals surface area contributed by atoms with E-state index in [1.807, 2.05) is 0 Å². The van der Waals surface area contributed by atoms with Crippen LogP contribution >= 0.6 is 0 Å². The van der Waals surface area contributed by atoms with E-state index in [0.29, 0.717) is 41.3 Å². The molecule has 2 aromatic carbocycles. The molecule has 0 amide bonds. The summed E-state index contributed by atoms with van der Waals surface area (Å²) < 4.78 is 13.1. The molecule has 182 valence electrons. The minimum absolute atomic E-state index is 0.0726. The number of aryl methyl sites for hydroxylation is 2. The molecule has 0 fully saturated rings. The summed E-state index contributed by atoms with van der Waals surface area (Å²) in [5.41, 5.74) is 2.18. The summed E-state index contributed by atoms with van der Waals surface area (Å²) >= 11 is 0. The van der Waals surface area contributed by atoms with Gasteiger partial charge < -0.3 is 23.9 Å². The lowest BCUT2D eigenvalue weighted by Gasteiger charge is -2.24. The van der Waals surface area contributed by atoms with E-state index in [1.165, 1.54) is 6.07 Å². The Kier molecular flexibility index (Phi) is 5.93. The molecule has 2 aromatic heterocycles. The maximum atomic E-state index is 13.6. The van der Waals surface area contributed by atoms with Gasteiger partial charge in [-0.2, -0.15) is 0 Å². The number of hydrogen-bond donors (Lipinski definition) is 2. The molecule has 1 atom stereocenters. The Morgan fingerprint density at radius 2 is 1.81 bits per heavy atom. The van der Waals surface area contributed by atoms with Crippen molar-refractivity contribution >= 4 is 11.9 Å². The first-order chi connectivity index (χ1) is 17.3. The molecule has 5 rings (SSSR count). The van der Waals surface area contributed by atoms with Gasteiger partial charge in [0.1, 0.15) is 23.0 Å². The summed E-state index contributed by atoms with van der Waals surface area (Å²) in [6.07, 6.45) is 0.498. The monoisotopic (exact) mass is 485 g/mol. The van der Waals surface area contributed by atoms with Gasteiger partial charge in [0.05, 0.1) is 23.5 Å². The predicted octanol–water partition coefficient (Wildman–Crippen LogP) is 4.50. The van der Waals surface area contributed by atoms with Crippen LogP contribution in [0.4, 0.5) is 0 Å². The number of esters is 1. The number of phenolic OH excluding ortho intramolecular Hbond substituents is 1. The number of ether oxygens (including phenoxy) is 1. The Morgan fingerprint density at radius 3 is 2.56 bits per heavy atom. The molecule has 0 bridgehead atoms. The number of aromatic carboxylic acids is 1. The van der Waals surface area contributed by atoms with Crippen molar-refractivity contribution < 1.29 is 29.0 Å².